The number of carbonyl (C=O) groups is 2. The van der Waals surface area contributed by atoms with Crippen LogP contribution < -0.4 is 0 Å². The van der Waals surface area contributed by atoms with Crippen LogP contribution in [0.25, 0.3) is 0 Å². The van der Waals surface area contributed by atoms with Gasteiger partial charge in [0.25, 0.3) is 0 Å². The van der Waals surface area contributed by atoms with E-state index in [-0.39, 0.29) is 23.4 Å². The number of Topliss-reactive ketones (excluding diaryl/α,β-unsaturated/α-hetero) is 1. The van der Waals surface area contributed by atoms with Crippen molar-refractivity contribution < 1.29 is 28.4 Å². The molecule has 4 fully saturated rings. The van der Waals surface area contributed by atoms with E-state index in [2.05, 4.69) is 0 Å². The predicted octanol–water partition coefficient (Wildman–Crippen LogP) is 3.68. The van der Waals surface area contributed by atoms with Crippen LogP contribution in [0.4, 0.5) is 0 Å². The molecule has 1 aliphatic heterocycles. The van der Waals surface area contributed by atoms with E-state index in [1.807, 2.05) is 52.7 Å². The Balaban J connectivity index is 1.63. The molecule has 5 aliphatic rings. The number of ether oxygens (including phenoxy) is 2. The Hall–Kier alpha value is -1.28. The molecule has 2 bridgehead atoms. The van der Waals surface area contributed by atoms with Crippen molar-refractivity contribution in [2.45, 2.75) is 77.3 Å². The third-order valence-corrected chi connectivity index (χ3v) is 8.90. The van der Waals surface area contributed by atoms with Crippen molar-refractivity contribution in [3.05, 3.63) is 24.2 Å². The van der Waals surface area contributed by atoms with Crippen LogP contribution in [0.1, 0.15) is 60.3 Å². The maximum Gasteiger partial charge on any atom is 0.486 e. The van der Waals surface area contributed by atoms with Crippen LogP contribution in [0.5, 0.6) is 0 Å². The molecule has 170 valence electrons. The van der Waals surface area contributed by atoms with Gasteiger partial charge < -0.3 is 18.8 Å². The van der Waals surface area contributed by atoms with E-state index in [4.69, 9.17) is 18.8 Å². The molecular formula is C24H35BO6. The number of ketones is 2. The number of allylic oxidation sites excluding steroid dienone is 2. The maximum atomic E-state index is 13.2. The minimum absolute atomic E-state index is 0.00843. The van der Waals surface area contributed by atoms with Gasteiger partial charge in [0.05, 0.1) is 16.6 Å². The van der Waals surface area contributed by atoms with Crippen molar-refractivity contribution in [3.8, 4) is 0 Å². The Kier molecular flexibility index (Phi) is 5.25. The number of rotatable bonds is 5. The highest BCUT2D eigenvalue weighted by molar-refractivity contribution is 6.51. The lowest BCUT2D eigenvalue weighted by atomic mass is 9.43. The molecule has 0 N–H and O–H groups in total. The van der Waals surface area contributed by atoms with E-state index in [0.29, 0.717) is 12.8 Å². The summed E-state index contributed by atoms with van der Waals surface area (Å²) in [6.07, 6.45) is 8.35. The van der Waals surface area contributed by atoms with Gasteiger partial charge in [-0.2, -0.15) is 0 Å². The van der Waals surface area contributed by atoms with Crippen LogP contribution >= 0.6 is 0 Å². The summed E-state index contributed by atoms with van der Waals surface area (Å²) in [4.78, 5) is 26.4. The Morgan fingerprint density at radius 2 is 1.71 bits per heavy atom. The molecule has 4 atom stereocenters. The quantitative estimate of drug-likeness (QED) is 0.490. The fourth-order valence-electron chi connectivity index (χ4n) is 6.35. The minimum Gasteiger partial charge on any atom is -0.400 e. The summed E-state index contributed by atoms with van der Waals surface area (Å²) < 4.78 is 23.7. The number of methoxy groups -OCH3 is 2. The van der Waals surface area contributed by atoms with Crippen LogP contribution in [0.15, 0.2) is 24.2 Å². The number of hydrogen-bond donors (Lipinski definition) is 0. The Labute approximate surface area is 185 Å². The molecule has 5 rings (SSSR count). The lowest BCUT2D eigenvalue weighted by Gasteiger charge is -2.63. The second kappa shape index (κ2) is 7.11. The van der Waals surface area contributed by atoms with Crippen molar-refractivity contribution in [3.63, 3.8) is 0 Å². The standard InChI is InChI=1S/C24H35BO6/c1-20(2)21(3,4)31-25(30-20)14-8-11-22(5)17-15-16-9-12-23(17,13-10-18(22)26)24(28-6,29-7)19(16)27/h8,10,13-14,16-17H,9,11-12,15H2,1-7H3/b14-8+/t16-,17?,22?,23-/m0/s1. The molecule has 31 heavy (non-hydrogen) atoms. The smallest absolute Gasteiger partial charge is 0.400 e. The summed E-state index contributed by atoms with van der Waals surface area (Å²) in [6, 6.07) is 0. The molecule has 0 amide bonds. The maximum absolute atomic E-state index is 13.2. The first-order chi connectivity index (χ1) is 14.4. The first kappa shape index (κ1) is 22.9. The van der Waals surface area contributed by atoms with Crippen LogP contribution in [-0.2, 0) is 28.4 Å². The molecule has 0 aromatic rings. The summed E-state index contributed by atoms with van der Waals surface area (Å²) in [7, 11) is 2.62. The first-order valence-electron chi connectivity index (χ1n) is 11.3. The van der Waals surface area contributed by atoms with Gasteiger partial charge in [-0.1, -0.05) is 25.1 Å². The van der Waals surface area contributed by atoms with Gasteiger partial charge in [-0.05, 0) is 65.4 Å². The highest BCUT2D eigenvalue weighted by atomic mass is 16.7. The van der Waals surface area contributed by atoms with Gasteiger partial charge in [-0.25, -0.2) is 0 Å². The summed E-state index contributed by atoms with van der Waals surface area (Å²) in [5.74, 6) is 0.491. The lowest BCUT2D eigenvalue weighted by Crippen LogP contribution is -2.71. The molecule has 1 heterocycles. The topological polar surface area (TPSA) is 71.1 Å². The van der Waals surface area contributed by atoms with Gasteiger partial charge in [0.1, 0.15) is 0 Å². The summed E-state index contributed by atoms with van der Waals surface area (Å²) in [5.41, 5.74) is -2.10. The van der Waals surface area contributed by atoms with Gasteiger partial charge in [0.2, 0.25) is 5.79 Å². The van der Waals surface area contributed by atoms with E-state index in [9.17, 15) is 9.59 Å². The normalized spacial score (nSPS) is 40.0. The molecule has 6 nitrogen and oxygen atoms in total. The van der Waals surface area contributed by atoms with Crippen molar-refractivity contribution in [2.75, 3.05) is 14.2 Å². The molecule has 4 aliphatic carbocycles. The Morgan fingerprint density at radius 3 is 2.29 bits per heavy atom. The summed E-state index contributed by atoms with van der Waals surface area (Å²) in [6.45, 7) is 10.1. The fraction of sp³-hybridized carbons (Fsp3) is 0.750. The third kappa shape index (κ3) is 2.93. The zero-order valence-electron chi connectivity index (χ0n) is 19.8. The molecule has 1 spiro atoms. The highest BCUT2D eigenvalue weighted by Gasteiger charge is 2.72. The molecule has 3 saturated carbocycles. The zero-order chi connectivity index (χ0) is 22.9. The minimum atomic E-state index is -1.33. The Morgan fingerprint density at radius 1 is 1.10 bits per heavy atom. The summed E-state index contributed by atoms with van der Waals surface area (Å²) >= 11 is 0. The zero-order valence-corrected chi connectivity index (χ0v) is 19.8. The fourth-order valence-corrected chi connectivity index (χ4v) is 6.35. The van der Waals surface area contributed by atoms with Crippen LogP contribution in [-0.4, -0.2) is 49.9 Å². The van der Waals surface area contributed by atoms with Crippen molar-refractivity contribution >= 4 is 18.7 Å². The first-order valence-corrected chi connectivity index (χ1v) is 11.3. The summed E-state index contributed by atoms with van der Waals surface area (Å²) in [5, 5.41) is 0. The Bertz CT molecular complexity index is 825. The van der Waals surface area contributed by atoms with E-state index in [1.165, 1.54) is 14.2 Å². The lowest BCUT2D eigenvalue weighted by molar-refractivity contribution is -0.295. The van der Waals surface area contributed by atoms with Crippen molar-refractivity contribution in [1.29, 1.82) is 0 Å². The largest absolute Gasteiger partial charge is 0.486 e. The number of fused-ring (bicyclic) bond motifs is 2. The number of carbonyl (C=O) groups excluding carboxylic acids is 2. The molecule has 0 aromatic carbocycles. The molecule has 0 aromatic heterocycles. The average molecular weight is 430 g/mol. The van der Waals surface area contributed by atoms with Gasteiger partial charge in [-0.15, -0.1) is 0 Å². The molecule has 0 radical (unpaired) electrons. The third-order valence-electron chi connectivity index (χ3n) is 8.90. The predicted molar refractivity (Wildman–Crippen MR) is 117 cm³/mol. The molecular weight excluding hydrogens is 395 g/mol. The molecule has 7 heteroatoms. The van der Waals surface area contributed by atoms with Crippen LogP contribution in [0.2, 0.25) is 0 Å². The van der Waals surface area contributed by atoms with E-state index in [0.717, 1.165) is 12.8 Å². The van der Waals surface area contributed by atoms with Crippen molar-refractivity contribution in [2.24, 2.45) is 22.7 Å². The molecule has 1 saturated heterocycles. The van der Waals surface area contributed by atoms with E-state index < -0.39 is 34.9 Å². The number of hydrogen-bond acceptors (Lipinski definition) is 6. The van der Waals surface area contributed by atoms with Crippen molar-refractivity contribution in [1.82, 2.24) is 0 Å². The second-order valence-corrected chi connectivity index (χ2v) is 10.8. The second-order valence-electron chi connectivity index (χ2n) is 10.8. The van der Waals surface area contributed by atoms with Gasteiger partial charge in [0.15, 0.2) is 11.6 Å². The SMILES string of the molecule is COC1(OC)C(=O)[C@H]2CC[C@@]13C=CC(=O)C(C)(C/C=C/B1OC(C)(C)C(C)(C)O1)C3C2. The van der Waals surface area contributed by atoms with Gasteiger partial charge in [0, 0.05) is 25.6 Å². The van der Waals surface area contributed by atoms with Gasteiger partial charge in [-0.3, -0.25) is 9.59 Å². The van der Waals surface area contributed by atoms with Crippen LogP contribution in [0, 0.1) is 22.7 Å². The van der Waals surface area contributed by atoms with E-state index >= 15 is 0 Å². The van der Waals surface area contributed by atoms with Gasteiger partial charge >= 0.3 is 7.12 Å². The van der Waals surface area contributed by atoms with Crippen LogP contribution in [0.3, 0.4) is 0 Å². The van der Waals surface area contributed by atoms with E-state index in [1.54, 1.807) is 6.08 Å². The highest BCUT2D eigenvalue weighted by Crippen LogP contribution is 2.66. The molecule has 2 unspecified atom stereocenters. The monoisotopic (exact) mass is 430 g/mol. The average Bonchev–Trinajstić information content (AvgIpc) is 2.92.